The maximum Gasteiger partial charge on any atom is 0.156 e. The summed E-state index contributed by atoms with van der Waals surface area (Å²) < 4.78 is 5.42. The third kappa shape index (κ3) is 3.26. The topological polar surface area (TPSA) is 29.3 Å². The van der Waals surface area contributed by atoms with E-state index in [0.29, 0.717) is 11.6 Å². The van der Waals surface area contributed by atoms with Crippen molar-refractivity contribution in [3.8, 4) is 11.3 Å². The zero-order valence-corrected chi connectivity index (χ0v) is 12.4. The van der Waals surface area contributed by atoms with Crippen molar-refractivity contribution >= 4 is 17.3 Å². The molecule has 0 aliphatic heterocycles. The highest BCUT2D eigenvalue weighted by Gasteiger charge is 2.09. The lowest BCUT2D eigenvalue weighted by Gasteiger charge is -2.16. The standard InChI is InChI=1S/C17H15ClN2O/c1-20(15-5-3-2-4-6-15)12-16-11-17(19-21-16)13-7-9-14(18)10-8-13/h2-11H,12H2,1H3. The summed E-state index contributed by atoms with van der Waals surface area (Å²) in [5.41, 5.74) is 2.96. The Balaban J connectivity index is 1.75. The fraction of sp³-hybridized carbons (Fsp3) is 0.118. The SMILES string of the molecule is CN(Cc1cc(-c2ccc(Cl)cc2)no1)c1ccccc1. The lowest BCUT2D eigenvalue weighted by atomic mass is 10.1. The summed E-state index contributed by atoms with van der Waals surface area (Å²) in [5, 5.41) is 4.83. The quantitative estimate of drug-likeness (QED) is 0.703. The molecule has 106 valence electrons. The van der Waals surface area contributed by atoms with Gasteiger partial charge in [-0.15, -0.1) is 0 Å². The molecule has 0 amide bonds. The van der Waals surface area contributed by atoms with Gasteiger partial charge in [0.15, 0.2) is 5.76 Å². The monoisotopic (exact) mass is 298 g/mol. The number of aromatic nitrogens is 1. The van der Waals surface area contributed by atoms with E-state index in [4.69, 9.17) is 16.1 Å². The average Bonchev–Trinajstić information content (AvgIpc) is 2.97. The van der Waals surface area contributed by atoms with Crippen LogP contribution in [0.4, 0.5) is 5.69 Å². The third-order valence-electron chi connectivity index (χ3n) is 3.29. The van der Waals surface area contributed by atoms with Crippen molar-refractivity contribution < 1.29 is 4.52 Å². The Morgan fingerprint density at radius 1 is 1.05 bits per heavy atom. The molecule has 0 fully saturated rings. The lowest BCUT2D eigenvalue weighted by Crippen LogP contribution is -2.15. The molecule has 0 atom stereocenters. The summed E-state index contributed by atoms with van der Waals surface area (Å²) >= 11 is 5.89. The number of benzene rings is 2. The van der Waals surface area contributed by atoms with Crippen molar-refractivity contribution in [3.63, 3.8) is 0 Å². The van der Waals surface area contributed by atoms with Crippen molar-refractivity contribution in [1.29, 1.82) is 0 Å². The molecule has 0 spiro atoms. The smallest absolute Gasteiger partial charge is 0.156 e. The Kier molecular flexibility index (Phi) is 3.93. The minimum absolute atomic E-state index is 0.671. The highest BCUT2D eigenvalue weighted by atomic mass is 35.5. The Labute approximate surface area is 128 Å². The van der Waals surface area contributed by atoms with E-state index in [2.05, 4.69) is 22.2 Å². The van der Waals surface area contributed by atoms with Crippen molar-refractivity contribution in [2.24, 2.45) is 0 Å². The van der Waals surface area contributed by atoms with E-state index in [1.54, 1.807) is 0 Å². The molecule has 21 heavy (non-hydrogen) atoms. The normalized spacial score (nSPS) is 10.6. The van der Waals surface area contributed by atoms with Gasteiger partial charge < -0.3 is 9.42 Å². The van der Waals surface area contributed by atoms with Crippen LogP contribution in [0.2, 0.25) is 5.02 Å². The van der Waals surface area contributed by atoms with E-state index < -0.39 is 0 Å². The van der Waals surface area contributed by atoms with Gasteiger partial charge in [0.2, 0.25) is 0 Å². The van der Waals surface area contributed by atoms with Crippen LogP contribution in [-0.2, 0) is 6.54 Å². The van der Waals surface area contributed by atoms with Crippen molar-refractivity contribution in [2.45, 2.75) is 6.54 Å². The molecular weight excluding hydrogens is 284 g/mol. The Hall–Kier alpha value is -2.26. The molecule has 0 aliphatic carbocycles. The first-order chi connectivity index (χ1) is 10.2. The maximum absolute atomic E-state index is 5.89. The van der Waals surface area contributed by atoms with Crippen LogP contribution in [0.15, 0.2) is 65.2 Å². The highest BCUT2D eigenvalue weighted by Crippen LogP contribution is 2.22. The molecule has 3 aromatic rings. The number of halogens is 1. The van der Waals surface area contributed by atoms with Gasteiger partial charge in [0, 0.05) is 29.4 Å². The lowest BCUT2D eigenvalue weighted by molar-refractivity contribution is 0.385. The summed E-state index contributed by atoms with van der Waals surface area (Å²) in [4.78, 5) is 2.12. The molecule has 1 heterocycles. The van der Waals surface area contributed by atoms with Crippen molar-refractivity contribution in [2.75, 3.05) is 11.9 Å². The van der Waals surface area contributed by atoms with E-state index in [1.165, 1.54) is 0 Å². The molecule has 1 aromatic heterocycles. The second-order valence-corrected chi connectivity index (χ2v) is 5.31. The highest BCUT2D eigenvalue weighted by molar-refractivity contribution is 6.30. The second kappa shape index (κ2) is 6.02. The first kappa shape index (κ1) is 13.7. The fourth-order valence-corrected chi connectivity index (χ4v) is 2.28. The molecule has 3 nitrogen and oxygen atoms in total. The van der Waals surface area contributed by atoms with Crippen LogP contribution in [0.1, 0.15) is 5.76 Å². The zero-order valence-electron chi connectivity index (χ0n) is 11.7. The number of rotatable bonds is 4. The maximum atomic E-state index is 5.89. The van der Waals surface area contributed by atoms with Gasteiger partial charge in [-0.3, -0.25) is 0 Å². The molecule has 0 aliphatic rings. The number of hydrogen-bond donors (Lipinski definition) is 0. The Morgan fingerprint density at radius 3 is 2.48 bits per heavy atom. The molecule has 0 N–H and O–H groups in total. The van der Waals surface area contributed by atoms with Crippen LogP contribution in [0.25, 0.3) is 11.3 Å². The van der Waals surface area contributed by atoms with Gasteiger partial charge in [-0.25, -0.2) is 0 Å². The van der Waals surface area contributed by atoms with Crippen LogP contribution in [0.3, 0.4) is 0 Å². The Bertz CT molecular complexity index is 707. The van der Waals surface area contributed by atoms with E-state index in [9.17, 15) is 0 Å². The molecule has 3 rings (SSSR count). The van der Waals surface area contributed by atoms with E-state index in [1.807, 2.05) is 55.6 Å². The van der Waals surface area contributed by atoms with Crippen LogP contribution < -0.4 is 4.90 Å². The van der Waals surface area contributed by atoms with Gasteiger partial charge >= 0.3 is 0 Å². The van der Waals surface area contributed by atoms with Gasteiger partial charge in [0.05, 0.1) is 6.54 Å². The number of anilines is 1. The van der Waals surface area contributed by atoms with Crippen molar-refractivity contribution in [1.82, 2.24) is 5.16 Å². The second-order valence-electron chi connectivity index (χ2n) is 4.88. The predicted molar refractivity (Wildman–Crippen MR) is 85.5 cm³/mol. The van der Waals surface area contributed by atoms with Crippen molar-refractivity contribution in [3.05, 3.63) is 71.4 Å². The van der Waals surface area contributed by atoms with Gasteiger partial charge in [-0.2, -0.15) is 0 Å². The molecule has 0 radical (unpaired) electrons. The molecule has 0 saturated carbocycles. The van der Waals surface area contributed by atoms with E-state index >= 15 is 0 Å². The summed E-state index contributed by atoms with van der Waals surface area (Å²) in [5.74, 6) is 0.825. The summed E-state index contributed by atoms with van der Waals surface area (Å²) in [6.07, 6.45) is 0. The molecule has 0 bridgehead atoms. The average molecular weight is 299 g/mol. The largest absolute Gasteiger partial charge is 0.367 e. The van der Waals surface area contributed by atoms with E-state index in [0.717, 1.165) is 22.7 Å². The van der Waals surface area contributed by atoms with E-state index in [-0.39, 0.29) is 0 Å². The first-order valence-electron chi connectivity index (χ1n) is 6.70. The molecule has 0 unspecified atom stereocenters. The Morgan fingerprint density at radius 2 is 1.76 bits per heavy atom. The fourth-order valence-electron chi connectivity index (χ4n) is 2.15. The van der Waals surface area contributed by atoms with Crippen LogP contribution >= 0.6 is 11.6 Å². The van der Waals surface area contributed by atoms with Crippen LogP contribution in [0.5, 0.6) is 0 Å². The third-order valence-corrected chi connectivity index (χ3v) is 3.54. The number of para-hydroxylation sites is 1. The summed E-state index contributed by atoms with van der Waals surface area (Å²) in [7, 11) is 2.03. The van der Waals surface area contributed by atoms with Crippen LogP contribution in [0, 0.1) is 0 Å². The first-order valence-corrected chi connectivity index (χ1v) is 7.08. The molecule has 0 saturated heterocycles. The number of hydrogen-bond acceptors (Lipinski definition) is 3. The minimum atomic E-state index is 0.671. The van der Waals surface area contributed by atoms with Gasteiger partial charge in [0.1, 0.15) is 5.69 Å². The number of nitrogens with zero attached hydrogens (tertiary/aromatic N) is 2. The summed E-state index contributed by atoms with van der Waals surface area (Å²) in [6, 6.07) is 19.7. The predicted octanol–water partition coefficient (Wildman–Crippen LogP) is 4.63. The molecule has 2 aromatic carbocycles. The zero-order chi connectivity index (χ0) is 14.7. The van der Waals surface area contributed by atoms with Crippen LogP contribution in [-0.4, -0.2) is 12.2 Å². The minimum Gasteiger partial charge on any atom is -0.367 e. The van der Waals surface area contributed by atoms with Gasteiger partial charge in [-0.1, -0.05) is 47.1 Å². The van der Waals surface area contributed by atoms with Gasteiger partial charge in [-0.05, 0) is 24.3 Å². The molecular formula is C17H15ClN2O. The van der Waals surface area contributed by atoms with Gasteiger partial charge in [0.25, 0.3) is 0 Å². The molecule has 4 heteroatoms. The summed E-state index contributed by atoms with van der Waals surface area (Å²) in [6.45, 7) is 0.671.